The number of ether oxygens (including phenoxy) is 1. The molecule has 2 rings (SSSR count). The van der Waals surface area contributed by atoms with Crippen LogP contribution in [-0.2, 0) is 20.7 Å². The van der Waals surface area contributed by atoms with Gasteiger partial charge in [0, 0.05) is 25.6 Å². The van der Waals surface area contributed by atoms with Gasteiger partial charge in [0.25, 0.3) is 0 Å². The highest BCUT2D eigenvalue weighted by Crippen LogP contribution is 2.26. The molecular formula is C15H21NO5. The lowest BCUT2D eigenvalue weighted by Crippen LogP contribution is -2.39. The van der Waals surface area contributed by atoms with E-state index >= 15 is 0 Å². The second-order valence-corrected chi connectivity index (χ2v) is 5.17. The molecule has 1 atom stereocenters. The number of hydrogen-bond acceptors (Lipinski definition) is 5. The van der Waals surface area contributed by atoms with Crippen LogP contribution >= 0.6 is 0 Å². The first-order chi connectivity index (χ1) is 10.1. The zero-order valence-electron chi connectivity index (χ0n) is 12.2. The summed E-state index contributed by atoms with van der Waals surface area (Å²) in [7, 11) is 0. The zero-order chi connectivity index (χ0) is 15.2. The van der Waals surface area contributed by atoms with E-state index in [2.05, 4.69) is 0 Å². The monoisotopic (exact) mass is 295 g/mol. The fraction of sp³-hybridized carbons (Fsp3) is 0.600. The first-order valence-corrected chi connectivity index (χ1v) is 7.32. The molecule has 21 heavy (non-hydrogen) atoms. The van der Waals surface area contributed by atoms with Crippen LogP contribution in [0, 0.1) is 5.92 Å². The van der Waals surface area contributed by atoms with Gasteiger partial charge in [0.2, 0.25) is 0 Å². The summed E-state index contributed by atoms with van der Waals surface area (Å²) in [6.07, 6.45) is 2.18. The van der Waals surface area contributed by atoms with Crippen molar-refractivity contribution in [3.8, 4) is 0 Å². The Kier molecular flexibility index (Phi) is 5.25. The lowest BCUT2D eigenvalue weighted by Gasteiger charge is -2.31. The third-order valence-corrected chi connectivity index (χ3v) is 3.59. The molecule has 1 fully saturated rings. The lowest BCUT2D eigenvalue weighted by molar-refractivity contribution is -0.148. The number of carboxylic acids is 1. The molecule has 0 spiro atoms. The van der Waals surface area contributed by atoms with Crippen molar-refractivity contribution < 1.29 is 23.8 Å². The Hall–Kier alpha value is -1.98. The van der Waals surface area contributed by atoms with E-state index in [9.17, 15) is 9.59 Å². The highest BCUT2D eigenvalue weighted by Gasteiger charge is 2.28. The van der Waals surface area contributed by atoms with Crippen molar-refractivity contribution in [2.45, 2.75) is 32.6 Å². The fourth-order valence-electron chi connectivity index (χ4n) is 2.53. The summed E-state index contributed by atoms with van der Waals surface area (Å²) >= 11 is 0. The molecule has 0 aliphatic carbocycles. The van der Waals surface area contributed by atoms with Gasteiger partial charge >= 0.3 is 11.9 Å². The number of piperidine rings is 1. The van der Waals surface area contributed by atoms with Crippen LogP contribution in [0.5, 0.6) is 0 Å². The maximum Gasteiger partial charge on any atom is 0.310 e. The number of rotatable bonds is 6. The van der Waals surface area contributed by atoms with Gasteiger partial charge in [-0.15, -0.1) is 0 Å². The second-order valence-electron chi connectivity index (χ2n) is 5.17. The maximum absolute atomic E-state index is 11.8. The molecule has 6 heteroatoms. The smallest absolute Gasteiger partial charge is 0.310 e. The molecule has 0 aromatic carbocycles. The summed E-state index contributed by atoms with van der Waals surface area (Å²) in [5, 5.41) is 8.67. The highest BCUT2D eigenvalue weighted by atomic mass is 16.5. The van der Waals surface area contributed by atoms with Crippen LogP contribution in [0.25, 0.3) is 0 Å². The van der Waals surface area contributed by atoms with Crippen LogP contribution < -0.4 is 4.90 Å². The van der Waals surface area contributed by atoms with Crippen LogP contribution in [0.2, 0.25) is 0 Å². The van der Waals surface area contributed by atoms with Gasteiger partial charge in [-0.1, -0.05) is 0 Å². The number of carboxylic acid groups (broad SMARTS) is 1. The van der Waals surface area contributed by atoms with Gasteiger partial charge in [0.1, 0.15) is 5.76 Å². The van der Waals surface area contributed by atoms with Crippen molar-refractivity contribution in [1.29, 1.82) is 0 Å². The second kappa shape index (κ2) is 7.15. The predicted octanol–water partition coefficient (Wildman–Crippen LogP) is 2.08. The first-order valence-electron chi connectivity index (χ1n) is 7.32. The van der Waals surface area contributed by atoms with E-state index < -0.39 is 5.97 Å². The van der Waals surface area contributed by atoms with Crippen molar-refractivity contribution >= 4 is 17.8 Å². The van der Waals surface area contributed by atoms with Crippen molar-refractivity contribution in [3.05, 3.63) is 17.9 Å². The van der Waals surface area contributed by atoms with Crippen LogP contribution in [-0.4, -0.2) is 36.7 Å². The molecule has 116 valence electrons. The first kappa shape index (κ1) is 15.4. The molecule has 1 aromatic heterocycles. The molecule has 1 aliphatic rings. The number of carbonyl (C=O) groups excluding carboxylic acids is 1. The molecule has 0 saturated carbocycles. The molecule has 0 bridgehead atoms. The van der Waals surface area contributed by atoms with E-state index in [1.165, 1.54) is 0 Å². The number of aryl methyl sites for hydroxylation is 1. The molecule has 1 unspecified atom stereocenters. The Morgan fingerprint density at radius 3 is 3.00 bits per heavy atom. The molecule has 0 amide bonds. The topological polar surface area (TPSA) is 80.0 Å². The zero-order valence-corrected chi connectivity index (χ0v) is 12.2. The van der Waals surface area contributed by atoms with E-state index in [1.54, 1.807) is 13.0 Å². The minimum atomic E-state index is -0.840. The van der Waals surface area contributed by atoms with E-state index in [4.69, 9.17) is 14.3 Å². The Labute approximate surface area is 123 Å². The average molecular weight is 295 g/mol. The Morgan fingerprint density at radius 2 is 2.29 bits per heavy atom. The number of hydrogen-bond donors (Lipinski definition) is 1. The number of aliphatic carboxylic acids is 1. The Balaban J connectivity index is 1.94. The van der Waals surface area contributed by atoms with Gasteiger partial charge in [-0.3, -0.25) is 9.59 Å². The van der Waals surface area contributed by atoms with Crippen molar-refractivity contribution in [3.63, 3.8) is 0 Å². The number of anilines is 1. The van der Waals surface area contributed by atoms with Gasteiger partial charge in [-0.05, 0) is 25.8 Å². The SMILES string of the molecule is CCOC(=O)C1CCCN(c2ccc(CCC(=O)O)o2)C1. The van der Waals surface area contributed by atoms with Crippen LogP contribution in [0.3, 0.4) is 0 Å². The lowest BCUT2D eigenvalue weighted by atomic mass is 9.98. The van der Waals surface area contributed by atoms with Gasteiger partial charge in [-0.2, -0.15) is 0 Å². The molecule has 6 nitrogen and oxygen atoms in total. The standard InChI is InChI=1S/C15H21NO5/c1-2-20-15(19)11-4-3-9-16(10-11)13-7-5-12(21-13)6-8-14(17)18/h5,7,11H,2-4,6,8-10H2,1H3,(H,17,18). The minimum Gasteiger partial charge on any atom is -0.481 e. The minimum absolute atomic E-state index is 0.0540. The van der Waals surface area contributed by atoms with Crippen molar-refractivity contribution in [1.82, 2.24) is 0 Å². The third kappa shape index (κ3) is 4.24. The van der Waals surface area contributed by atoms with E-state index in [0.29, 0.717) is 31.2 Å². The van der Waals surface area contributed by atoms with Crippen LogP contribution in [0.4, 0.5) is 5.88 Å². The van der Waals surface area contributed by atoms with Gasteiger partial charge in [0.15, 0.2) is 5.88 Å². The largest absolute Gasteiger partial charge is 0.481 e. The number of carbonyl (C=O) groups is 2. The van der Waals surface area contributed by atoms with Gasteiger partial charge in [-0.25, -0.2) is 0 Å². The molecule has 1 N–H and O–H groups in total. The van der Waals surface area contributed by atoms with Crippen molar-refractivity contribution in [2.75, 3.05) is 24.6 Å². The molecular weight excluding hydrogens is 274 g/mol. The number of nitrogens with zero attached hydrogens (tertiary/aromatic N) is 1. The molecule has 1 aliphatic heterocycles. The van der Waals surface area contributed by atoms with E-state index in [1.807, 2.05) is 11.0 Å². The highest BCUT2D eigenvalue weighted by molar-refractivity contribution is 5.73. The summed E-state index contributed by atoms with van der Waals surface area (Å²) < 4.78 is 10.7. The number of esters is 1. The summed E-state index contributed by atoms with van der Waals surface area (Å²) in [6, 6.07) is 3.64. The summed E-state index contributed by atoms with van der Waals surface area (Å²) in [6.45, 7) is 3.63. The summed E-state index contributed by atoms with van der Waals surface area (Å²) in [4.78, 5) is 24.4. The molecule has 1 saturated heterocycles. The quantitative estimate of drug-likeness (QED) is 0.809. The van der Waals surface area contributed by atoms with Crippen LogP contribution in [0.15, 0.2) is 16.5 Å². The van der Waals surface area contributed by atoms with Crippen LogP contribution in [0.1, 0.15) is 31.9 Å². The van der Waals surface area contributed by atoms with Gasteiger partial charge in [0.05, 0.1) is 18.9 Å². The summed E-state index contributed by atoms with van der Waals surface area (Å²) in [5.74, 6) is 0.245. The normalized spacial score (nSPS) is 18.5. The van der Waals surface area contributed by atoms with E-state index in [-0.39, 0.29) is 18.3 Å². The summed E-state index contributed by atoms with van der Waals surface area (Å²) in [5.41, 5.74) is 0. The number of furan rings is 1. The average Bonchev–Trinajstić information content (AvgIpc) is 2.94. The molecule has 2 heterocycles. The Bertz CT molecular complexity index is 496. The molecule has 0 radical (unpaired) electrons. The Morgan fingerprint density at radius 1 is 1.48 bits per heavy atom. The third-order valence-electron chi connectivity index (χ3n) is 3.59. The maximum atomic E-state index is 11.8. The predicted molar refractivity (Wildman–Crippen MR) is 76.2 cm³/mol. The van der Waals surface area contributed by atoms with E-state index in [0.717, 1.165) is 19.4 Å². The fourth-order valence-corrected chi connectivity index (χ4v) is 2.53. The van der Waals surface area contributed by atoms with Gasteiger partial charge < -0.3 is 19.2 Å². The molecule has 1 aromatic rings. The van der Waals surface area contributed by atoms with Crippen molar-refractivity contribution in [2.24, 2.45) is 5.92 Å².